The minimum Gasteiger partial charge on any atom is -0.374 e. The molecule has 0 N–H and O–H groups in total. The van der Waals surface area contributed by atoms with Crippen LogP contribution in [0.5, 0.6) is 0 Å². The normalized spacial score (nSPS) is 45.2. The third-order valence-corrected chi connectivity index (χ3v) is 3.76. The molecule has 2 rings (SSSR count). The highest BCUT2D eigenvalue weighted by molar-refractivity contribution is 9.09. The molecule has 0 unspecified atom stereocenters. The van der Waals surface area contributed by atoms with Crippen LogP contribution in [-0.4, -0.2) is 23.3 Å². The van der Waals surface area contributed by atoms with Gasteiger partial charge in [0.25, 0.3) is 0 Å². The Kier molecular flexibility index (Phi) is 1.85. The summed E-state index contributed by atoms with van der Waals surface area (Å²) in [6.45, 7) is 2.76. The van der Waals surface area contributed by atoms with Gasteiger partial charge in [0, 0.05) is 0 Å². The number of carbonyl (C=O) groups excluding carboxylic acids is 1. The molecule has 2 fully saturated rings. The summed E-state index contributed by atoms with van der Waals surface area (Å²) in [5.74, 6) is 0.323. The van der Waals surface area contributed by atoms with Crippen LogP contribution in [0.2, 0.25) is 0 Å². The molecule has 1 heterocycles. The fourth-order valence-corrected chi connectivity index (χ4v) is 3.01. The zero-order chi connectivity index (χ0) is 8.82. The molecule has 68 valence electrons. The Morgan fingerprint density at radius 2 is 2.33 bits per heavy atom. The van der Waals surface area contributed by atoms with Crippen molar-refractivity contribution in [1.82, 2.24) is 0 Å². The highest BCUT2D eigenvalue weighted by Gasteiger charge is 2.56. The Morgan fingerprint density at radius 3 is 2.67 bits per heavy atom. The first-order valence-electron chi connectivity index (χ1n) is 4.34. The first-order chi connectivity index (χ1) is 5.60. The summed E-state index contributed by atoms with van der Waals surface area (Å²) in [7, 11) is 0. The summed E-state index contributed by atoms with van der Waals surface area (Å²) in [5, 5.41) is 0.479. The molecule has 0 amide bonds. The topological polar surface area (TPSA) is 26.3 Å². The van der Waals surface area contributed by atoms with Crippen molar-refractivity contribution in [3.8, 4) is 0 Å². The van der Waals surface area contributed by atoms with Gasteiger partial charge < -0.3 is 4.74 Å². The fourth-order valence-electron chi connectivity index (χ4n) is 2.42. The smallest absolute Gasteiger partial charge is 0.151 e. The number of halogens is 1. The predicted molar refractivity (Wildman–Crippen MR) is 49.4 cm³/mol. The first-order valence-corrected chi connectivity index (χ1v) is 5.46. The summed E-state index contributed by atoms with van der Waals surface area (Å²) >= 11 is 3.23. The summed E-state index contributed by atoms with van der Waals surface area (Å²) in [4.78, 5) is 11.6. The van der Waals surface area contributed by atoms with Gasteiger partial charge in [0.2, 0.25) is 0 Å². The number of ether oxygens (including phenoxy) is 1. The Balaban J connectivity index is 2.20. The maximum atomic E-state index is 11.6. The lowest BCUT2D eigenvalue weighted by Crippen LogP contribution is -2.31. The Morgan fingerprint density at radius 1 is 1.58 bits per heavy atom. The number of carbonyl (C=O) groups is 1. The van der Waals surface area contributed by atoms with E-state index >= 15 is 0 Å². The molecule has 0 aromatic rings. The molecule has 12 heavy (non-hydrogen) atoms. The molecule has 1 saturated heterocycles. The number of ketones is 1. The van der Waals surface area contributed by atoms with Crippen LogP contribution in [0.3, 0.4) is 0 Å². The number of hydrogen-bond acceptors (Lipinski definition) is 2. The molecule has 1 saturated carbocycles. The number of alkyl halides is 1. The lowest BCUT2D eigenvalue weighted by Gasteiger charge is -2.24. The quantitative estimate of drug-likeness (QED) is 0.681. The molecule has 2 nitrogen and oxygen atoms in total. The van der Waals surface area contributed by atoms with Crippen LogP contribution < -0.4 is 0 Å². The van der Waals surface area contributed by atoms with Crippen LogP contribution in [0.25, 0.3) is 0 Å². The van der Waals surface area contributed by atoms with Crippen molar-refractivity contribution in [2.75, 3.05) is 11.9 Å². The van der Waals surface area contributed by atoms with Gasteiger partial charge in [0.15, 0.2) is 5.78 Å². The van der Waals surface area contributed by atoms with E-state index in [0.717, 1.165) is 19.3 Å². The van der Waals surface area contributed by atoms with Gasteiger partial charge in [-0.2, -0.15) is 0 Å². The average molecular weight is 233 g/mol. The fraction of sp³-hybridized carbons (Fsp3) is 0.889. The largest absolute Gasteiger partial charge is 0.374 e. The molecule has 2 aliphatic rings. The number of fused-ring (bicyclic) bond motifs is 2. The van der Waals surface area contributed by atoms with E-state index in [0.29, 0.717) is 17.7 Å². The SMILES string of the molecule is C[C@@]12CC[C@@](C(=O)CBr)(CO1)C2. The standard InChI is InChI=1S/C9H13BrO2/c1-8-2-3-9(5-8,6-12-8)7(11)4-10/h2-6H2,1H3/t8-,9-/m0/s1. The molecule has 1 aliphatic heterocycles. The van der Waals surface area contributed by atoms with Crippen LogP contribution in [0.4, 0.5) is 0 Å². The van der Waals surface area contributed by atoms with E-state index in [1.54, 1.807) is 0 Å². The van der Waals surface area contributed by atoms with Crippen molar-refractivity contribution in [2.24, 2.45) is 5.41 Å². The molecule has 2 bridgehead atoms. The van der Waals surface area contributed by atoms with Gasteiger partial charge in [0.05, 0.1) is 23.0 Å². The van der Waals surface area contributed by atoms with Crippen LogP contribution in [0, 0.1) is 5.41 Å². The van der Waals surface area contributed by atoms with Crippen LogP contribution >= 0.6 is 15.9 Å². The lowest BCUT2D eigenvalue weighted by molar-refractivity contribution is -0.127. The first kappa shape index (κ1) is 8.70. The maximum Gasteiger partial charge on any atom is 0.151 e. The Labute approximate surface area is 80.8 Å². The van der Waals surface area contributed by atoms with Gasteiger partial charge >= 0.3 is 0 Å². The monoisotopic (exact) mass is 232 g/mol. The minimum absolute atomic E-state index is 0.0117. The summed E-state index contributed by atoms with van der Waals surface area (Å²) in [5.41, 5.74) is -0.115. The molecule has 1 aliphatic carbocycles. The van der Waals surface area contributed by atoms with Crippen molar-refractivity contribution < 1.29 is 9.53 Å². The van der Waals surface area contributed by atoms with Crippen molar-refractivity contribution in [2.45, 2.75) is 31.8 Å². The van der Waals surface area contributed by atoms with E-state index in [4.69, 9.17) is 4.74 Å². The summed E-state index contributed by atoms with van der Waals surface area (Å²) < 4.78 is 5.62. The maximum absolute atomic E-state index is 11.6. The molecule has 3 heteroatoms. The van der Waals surface area contributed by atoms with E-state index in [2.05, 4.69) is 22.9 Å². The highest BCUT2D eigenvalue weighted by Crippen LogP contribution is 2.53. The number of Topliss-reactive ketones (excluding diaryl/α,β-unsaturated/α-hetero) is 1. The van der Waals surface area contributed by atoms with Gasteiger partial charge in [-0.25, -0.2) is 0 Å². The minimum atomic E-state index is -0.127. The number of hydrogen-bond donors (Lipinski definition) is 0. The Hall–Kier alpha value is 0.110. The number of rotatable bonds is 2. The molecule has 0 radical (unpaired) electrons. The van der Waals surface area contributed by atoms with Crippen molar-refractivity contribution in [3.63, 3.8) is 0 Å². The molecule has 0 spiro atoms. The average Bonchev–Trinajstić information content (AvgIpc) is 2.57. The van der Waals surface area contributed by atoms with Crippen molar-refractivity contribution >= 4 is 21.7 Å². The molecular formula is C9H13BrO2. The second-order valence-electron chi connectivity index (χ2n) is 4.25. The van der Waals surface area contributed by atoms with E-state index < -0.39 is 0 Å². The second kappa shape index (κ2) is 2.55. The van der Waals surface area contributed by atoms with Gasteiger partial charge in [-0.1, -0.05) is 15.9 Å². The second-order valence-corrected chi connectivity index (χ2v) is 4.81. The summed E-state index contributed by atoms with van der Waals surface area (Å²) in [6, 6.07) is 0. The van der Waals surface area contributed by atoms with Crippen LogP contribution in [0.15, 0.2) is 0 Å². The molecule has 2 atom stereocenters. The van der Waals surface area contributed by atoms with E-state index in [1.807, 2.05) is 0 Å². The third kappa shape index (κ3) is 1.06. The molecular weight excluding hydrogens is 220 g/mol. The van der Waals surface area contributed by atoms with Gasteiger partial charge in [-0.3, -0.25) is 4.79 Å². The molecule has 0 aromatic carbocycles. The Bertz CT molecular complexity index is 217. The van der Waals surface area contributed by atoms with Crippen molar-refractivity contribution in [3.05, 3.63) is 0 Å². The lowest BCUT2D eigenvalue weighted by atomic mass is 9.84. The highest BCUT2D eigenvalue weighted by atomic mass is 79.9. The van der Waals surface area contributed by atoms with Gasteiger partial charge in [0.1, 0.15) is 0 Å². The van der Waals surface area contributed by atoms with E-state index in [1.165, 1.54) is 0 Å². The van der Waals surface area contributed by atoms with E-state index in [-0.39, 0.29) is 11.0 Å². The van der Waals surface area contributed by atoms with Gasteiger partial charge in [-0.15, -0.1) is 0 Å². The zero-order valence-corrected chi connectivity index (χ0v) is 8.82. The van der Waals surface area contributed by atoms with E-state index in [9.17, 15) is 4.79 Å². The molecule has 0 aromatic heterocycles. The predicted octanol–water partition coefficient (Wildman–Crippen LogP) is 1.91. The van der Waals surface area contributed by atoms with Crippen LogP contribution in [0.1, 0.15) is 26.2 Å². The van der Waals surface area contributed by atoms with Crippen molar-refractivity contribution in [1.29, 1.82) is 0 Å². The third-order valence-electron chi connectivity index (χ3n) is 3.25. The van der Waals surface area contributed by atoms with Gasteiger partial charge in [-0.05, 0) is 26.2 Å². The summed E-state index contributed by atoms with van der Waals surface area (Å²) in [6.07, 6.45) is 3.00. The zero-order valence-electron chi connectivity index (χ0n) is 7.23. The van der Waals surface area contributed by atoms with Crippen LogP contribution in [-0.2, 0) is 9.53 Å².